The molecule has 1 aliphatic rings. The molecule has 0 spiro atoms. The molecule has 7 heteroatoms. The minimum absolute atomic E-state index is 0.0154. The van der Waals surface area contributed by atoms with Crippen molar-refractivity contribution in [1.29, 1.82) is 0 Å². The van der Waals surface area contributed by atoms with Gasteiger partial charge < -0.3 is 20.1 Å². The Bertz CT molecular complexity index is 1130. The molecule has 0 radical (unpaired) electrons. The van der Waals surface area contributed by atoms with Gasteiger partial charge in [0.15, 0.2) is 0 Å². The largest absolute Gasteiger partial charge is 0.506 e. The lowest BCUT2D eigenvalue weighted by Gasteiger charge is -2.36. The summed E-state index contributed by atoms with van der Waals surface area (Å²) in [6.45, 7) is 9.88. The van der Waals surface area contributed by atoms with Crippen LogP contribution in [0.2, 0.25) is 0 Å². The van der Waals surface area contributed by atoms with E-state index in [1.807, 2.05) is 44.2 Å². The zero-order chi connectivity index (χ0) is 24.6. The average molecular weight is 475 g/mol. The molecule has 1 fully saturated rings. The first kappa shape index (κ1) is 24.5. The maximum Gasteiger partial charge on any atom is 0.251 e. The highest BCUT2D eigenvalue weighted by Crippen LogP contribution is 2.29. The molecule has 3 aromatic rings. The van der Waals surface area contributed by atoms with Crippen LogP contribution in [0.15, 0.2) is 60.9 Å². The van der Waals surface area contributed by atoms with E-state index in [1.165, 1.54) is 11.8 Å². The molecule has 4 rings (SSSR count). The number of nitrogens with one attached hydrogen (secondary N) is 1. The van der Waals surface area contributed by atoms with Crippen molar-refractivity contribution < 1.29 is 14.6 Å². The number of amides is 1. The van der Waals surface area contributed by atoms with E-state index in [1.54, 1.807) is 12.3 Å². The molecular formula is C28H34N4O3. The number of benzene rings is 2. The van der Waals surface area contributed by atoms with E-state index in [9.17, 15) is 9.90 Å². The van der Waals surface area contributed by atoms with Crippen molar-refractivity contribution in [3.05, 3.63) is 72.1 Å². The predicted molar refractivity (Wildman–Crippen MR) is 139 cm³/mol. The number of piperazine rings is 1. The van der Waals surface area contributed by atoms with Crippen LogP contribution in [0.1, 0.15) is 36.2 Å². The van der Waals surface area contributed by atoms with E-state index in [2.05, 4.69) is 32.2 Å². The smallest absolute Gasteiger partial charge is 0.251 e. The van der Waals surface area contributed by atoms with Gasteiger partial charge in [0.2, 0.25) is 0 Å². The van der Waals surface area contributed by atoms with Crippen LogP contribution in [0.3, 0.4) is 0 Å². The number of nitrogens with zero attached hydrogens (tertiary/aromatic N) is 3. The molecule has 7 nitrogen and oxygen atoms in total. The molecule has 184 valence electrons. The summed E-state index contributed by atoms with van der Waals surface area (Å²) in [7, 11) is 0. The maximum atomic E-state index is 12.1. The summed E-state index contributed by atoms with van der Waals surface area (Å²) in [5, 5.41) is 12.8. The number of hydrogen-bond acceptors (Lipinski definition) is 6. The molecule has 35 heavy (non-hydrogen) atoms. The number of carbonyl (C=O) groups excluding carboxylic acids is 1. The van der Waals surface area contributed by atoms with Crippen molar-refractivity contribution in [2.45, 2.75) is 26.8 Å². The molecule has 1 saturated heterocycles. The summed E-state index contributed by atoms with van der Waals surface area (Å²) in [4.78, 5) is 21.1. The van der Waals surface area contributed by atoms with E-state index >= 15 is 0 Å². The molecular weight excluding hydrogens is 440 g/mol. The van der Waals surface area contributed by atoms with Crippen LogP contribution in [-0.4, -0.2) is 60.2 Å². The van der Waals surface area contributed by atoms with E-state index in [4.69, 9.17) is 4.74 Å². The minimum atomic E-state index is -0.0154. The summed E-state index contributed by atoms with van der Waals surface area (Å²) in [5.74, 6) is 0.958. The lowest BCUT2D eigenvalue weighted by molar-refractivity contribution is 0.0953. The van der Waals surface area contributed by atoms with Crippen LogP contribution in [0, 0.1) is 0 Å². The Morgan fingerprint density at radius 3 is 2.46 bits per heavy atom. The van der Waals surface area contributed by atoms with Crippen LogP contribution in [-0.2, 0) is 6.54 Å². The van der Waals surface area contributed by atoms with Gasteiger partial charge in [-0.25, -0.2) is 0 Å². The lowest BCUT2D eigenvalue weighted by Crippen LogP contribution is -2.46. The summed E-state index contributed by atoms with van der Waals surface area (Å²) in [5.41, 5.74) is 4.87. The van der Waals surface area contributed by atoms with Crippen molar-refractivity contribution >= 4 is 11.6 Å². The number of rotatable bonds is 9. The van der Waals surface area contributed by atoms with E-state index < -0.39 is 0 Å². The highest BCUT2D eigenvalue weighted by Gasteiger charge is 2.18. The first-order valence-corrected chi connectivity index (χ1v) is 12.3. The fraction of sp³-hybridized carbons (Fsp3) is 0.357. The molecule has 0 aliphatic carbocycles. The molecule has 0 unspecified atom stereocenters. The third-order valence-corrected chi connectivity index (χ3v) is 6.14. The molecule has 2 N–H and O–H groups in total. The Kier molecular flexibility index (Phi) is 8.21. The first-order chi connectivity index (χ1) is 17.1. The lowest BCUT2D eigenvalue weighted by atomic mass is 10.0. The minimum Gasteiger partial charge on any atom is -0.506 e. The molecule has 1 aliphatic heterocycles. The highest BCUT2D eigenvalue weighted by molar-refractivity contribution is 5.94. The number of aromatic nitrogens is 1. The van der Waals surface area contributed by atoms with Crippen LogP contribution < -0.4 is 15.0 Å². The first-order valence-electron chi connectivity index (χ1n) is 12.3. The summed E-state index contributed by atoms with van der Waals surface area (Å²) >= 11 is 0. The Morgan fingerprint density at radius 2 is 1.77 bits per heavy atom. The van der Waals surface area contributed by atoms with Crippen molar-refractivity contribution in [3.63, 3.8) is 0 Å². The van der Waals surface area contributed by atoms with Crippen LogP contribution in [0.4, 0.5) is 5.69 Å². The van der Waals surface area contributed by atoms with Gasteiger partial charge >= 0.3 is 0 Å². The fourth-order valence-corrected chi connectivity index (χ4v) is 4.34. The Labute approximate surface area is 207 Å². The van der Waals surface area contributed by atoms with Gasteiger partial charge in [0, 0.05) is 62.3 Å². The highest BCUT2D eigenvalue weighted by atomic mass is 16.5. The molecule has 1 aromatic heterocycles. The third kappa shape index (κ3) is 6.51. The van der Waals surface area contributed by atoms with Crippen molar-refractivity contribution in [1.82, 2.24) is 15.2 Å². The van der Waals surface area contributed by atoms with Gasteiger partial charge in [0.05, 0.1) is 12.8 Å². The van der Waals surface area contributed by atoms with Gasteiger partial charge in [-0.15, -0.1) is 0 Å². The maximum absolute atomic E-state index is 12.1. The second kappa shape index (κ2) is 11.7. The van der Waals surface area contributed by atoms with Gasteiger partial charge in [0.25, 0.3) is 5.91 Å². The number of anilines is 1. The monoisotopic (exact) mass is 474 g/mol. The van der Waals surface area contributed by atoms with Gasteiger partial charge in [-0.05, 0) is 73.0 Å². The van der Waals surface area contributed by atoms with Crippen molar-refractivity contribution in [2.75, 3.05) is 44.2 Å². The molecule has 2 aromatic carbocycles. The predicted octanol–water partition coefficient (Wildman–Crippen LogP) is 4.31. The quantitative estimate of drug-likeness (QED) is 0.481. The second-order valence-corrected chi connectivity index (χ2v) is 8.80. The van der Waals surface area contributed by atoms with Crippen LogP contribution in [0.5, 0.6) is 11.5 Å². The molecule has 2 heterocycles. The molecule has 0 bridgehead atoms. The van der Waals surface area contributed by atoms with Crippen molar-refractivity contribution in [2.24, 2.45) is 0 Å². The van der Waals surface area contributed by atoms with E-state index in [0.29, 0.717) is 18.7 Å². The Morgan fingerprint density at radius 1 is 1.00 bits per heavy atom. The van der Waals surface area contributed by atoms with Crippen LogP contribution >= 0.6 is 0 Å². The van der Waals surface area contributed by atoms with Gasteiger partial charge in [-0.1, -0.05) is 6.92 Å². The Balaban J connectivity index is 1.39. The average Bonchev–Trinajstić information content (AvgIpc) is 2.88. The third-order valence-electron chi connectivity index (χ3n) is 6.14. The topological polar surface area (TPSA) is 77.9 Å². The number of ether oxygens (including phenoxy) is 1. The van der Waals surface area contributed by atoms with Gasteiger partial charge in [-0.2, -0.15) is 0 Å². The van der Waals surface area contributed by atoms with Gasteiger partial charge in [0.1, 0.15) is 11.5 Å². The second-order valence-electron chi connectivity index (χ2n) is 8.80. The SMILES string of the molecule is CCCNC(=O)c1ccc(N2CCN(Cc3cc(OCC)cc(-c4cncc(O)c4)c3)CC2)cc1. The number of aromatic hydroxyl groups is 1. The van der Waals surface area contributed by atoms with Crippen LogP contribution in [0.25, 0.3) is 11.1 Å². The number of pyridine rings is 1. The molecule has 1 amide bonds. The standard InChI is InChI=1S/C28H34N4O3/c1-3-9-30-28(34)22-5-7-25(8-6-22)32-12-10-31(11-13-32)20-21-14-23(17-27(15-21)35-4-2)24-16-26(33)19-29-18-24/h5-8,14-19,33H,3-4,9-13,20H2,1-2H3,(H,30,34). The molecule has 0 saturated carbocycles. The van der Waals surface area contributed by atoms with Gasteiger partial charge in [-0.3, -0.25) is 14.7 Å². The van der Waals surface area contributed by atoms with Crippen molar-refractivity contribution in [3.8, 4) is 22.6 Å². The number of hydrogen-bond donors (Lipinski definition) is 2. The zero-order valence-electron chi connectivity index (χ0n) is 20.5. The normalized spacial score (nSPS) is 14.1. The number of carbonyl (C=O) groups is 1. The summed E-state index contributed by atoms with van der Waals surface area (Å²) < 4.78 is 5.81. The molecule has 0 atom stereocenters. The fourth-order valence-electron chi connectivity index (χ4n) is 4.34. The summed E-state index contributed by atoms with van der Waals surface area (Å²) in [6, 6.07) is 15.8. The van der Waals surface area contributed by atoms with E-state index in [0.717, 1.165) is 61.7 Å². The summed E-state index contributed by atoms with van der Waals surface area (Å²) in [6.07, 6.45) is 4.12. The Hall–Kier alpha value is -3.58. The zero-order valence-corrected chi connectivity index (χ0v) is 20.5. The van der Waals surface area contributed by atoms with E-state index in [-0.39, 0.29) is 11.7 Å².